The summed E-state index contributed by atoms with van der Waals surface area (Å²) in [6.07, 6.45) is 30.5. The lowest BCUT2D eigenvalue weighted by atomic mass is 9.69. The van der Waals surface area contributed by atoms with Crippen molar-refractivity contribution in [2.45, 2.75) is 271 Å². The number of nitrogens with zero attached hydrogens (tertiary/aromatic N) is 7. The number of fused-ring (bicyclic) bond motifs is 10. The van der Waals surface area contributed by atoms with Crippen molar-refractivity contribution in [3.8, 4) is 0 Å². The third kappa shape index (κ3) is 16.0. The summed E-state index contributed by atoms with van der Waals surface area (Å²) in [6, 6.07) is 2.35. The summed E-state index contributed by atoms with van der Waals surface area (Å²) in [4.78, 5) is 24.4. The first-order chi connectivity index (χ1) is 33.9. The summed E-state index contributed by atoms with van der Waals surface area (Å²) >= 11 is 0. The number of aliphatic imine (C=N–C) groups is 3. The van der Waals surface area contributed by atoms with Crippen LogP contribution in [-0.4, -0.2) is 114 Å². The summed E-state index contributed by atoms with van der Waals surface area (Å²) in [7, 11) is 0. The van der Waals surface area contributed by atoms with Gasteiger partial charge in [-0.05, 0) is 174 Å². The van der Waals surface area contributed by atoms with Crippen LogP contribution in [0.25, 0.3) is 0 Å². The minimum absolute atomic E-state index is 0.242. The molecule has 9 aliphatic heterocycles. The second-order valence-electron chi connectivity index (χ2n) is 32.3. The monoisotopic (exact) mass is 1010 g/mol. The van der Waals surface area contributed by atoms with Crippen LogP contribution in [0.3, 0.4) is 0 Å². The third-order valence-electron chi connectivity index (χ3n) is 19.9. The molecule has 8 unspecified atom stereocenters. The van der Waals surface area contributed by atoms with Crippen LogP contribution in [0.15, 0.2) is 26.6 Å². The summed E-state index contributed by atoms with van der Waals surface area (Å²) in [5, 5.41) is 0. The molecule has 7 heteroatoms. The molecule has 3 saturated carbocycles. The SMILES string of the molecule is CC(C)(C)C1=CC2CCC(C1)C2.CC(C)(C)C1=NC2CCCN2C1.CC(C)(C)C1=NCC2CCCCN12.CC(C)(C)C1=NCC2CCCN12.CC(C)(C)C1CC2CCC(C2)C1.CC(C)(C)C1CC2CCN1CC2. The normalized spacial score (nSPS) is 34.4. The van der Waals surface area contributed by atoms with Gasteiger partial charge in [-0.25, -0.2) is 0 Å². The van der Waals surface area contributed by atoms with Crippen LogP contribution in [0, 0.1) is 68.0 Å². The highest BCUT2D eigenvalue weighted by molar-refractivity contribution is 5.92. The first-order valence-corrected chi connectivity index (χ1v) is 31.3. The largest absolute Gasteiger partial charge is 0.355 e. The second kappa shape index (κ2) is 23.7. The van der Waals surface area contributed by atoms with E-state index in [1.54, 1.807) is 12.0 Å². The summed E-state index contributed by atoms with van der Waals surface area (Å²) < 4.78 is 0. The highest BCUT2D eigenvalue weighted by Gasteiger charge is 2.42. The molecule has 9 fully saturated rings. The highest BCUT2D eigenvalue weighted by Crippen LogP contribution is 2.50. The lowest BCUT2D eigenvalue weighted by molar-refractivity contribution is -0.00701. The van der Waals surface area contributed by atoms with E-state index >= 15 is 0 Å². The predicted octanol–water partition coefficient (Wildman–Crippen LogP) is 16.3. The number of amidine groups is 2. The van der Waals surface area contributed by atoms with Crippen molar-refractivity contribution in [2.75, 3.05) is 52.4 Å². The number of rotatable bonds is 0. The van der Waals surface area contributed by atoms with Gasteiger partial charge in [0.2, 0.25) is 0 Å². The van der Waals surface area contributed by atoms with E-state index in [4.69, 9.17) is 9.98 Å². The Morgan fingerprint density at radius 2 is 0.986 bits per heavy atom. The van der Waals surface area contributed by atoms with Crippen LogP contribution < -0.4 is 0 Å². The van der Waals surface area contributed by atoms with E-state index in [0.29, 0.717) is 22.4 Å². The van der Waals surface area contributed by atoms with E-state index in [2.05, 4.69) is 155 Å². The van der Waals surface area contributed by atoms with E-state index < -0.39 is 0 Å². The Morgan fingerprint density at radius 1 is 0.438 bits per heavy atom. The minimum atomic E-state index is 0.242. The van der Waals surface area contributed by atoms with E-state index in [-0.39, 0.29) is 16.2 Å². The van der Waals surface area contributed by atoms with Crippen LogP contribution >= 0.6 is 0 Å². The molecular weight excluding hydrogens is 891 g/mol. The topological polar surface area (TPSA) is 50.0 Å². The molecule has 4 aliphatic carbocycles. The van der Waals surface area contributed by atoms with Crippen molar-refractivity contribution in [3.05, 3.63) is 11.6 Å². The number of hydrogen-bond donors (Lipinski definition) is 0. The molecule has 0 N–H and O–H groups in total. The summed E-state index contributed by atoms with van der Waals surface area (Å²) in [5.41, 5.74) is 5.39. The first kappa shape index (κ1) is 58.9. The van der Waals surface area contributed by atoms with E-state index in [0.717, 1.165) is 73.3 Å². The van der Waals surface area contributed by atoms with Gasteiger partial charge in [0.1, 0.15) is 17.8 Å². The number of piperidine rings is 4. The smallest absolute Gasteiger partial charge is 0.105 e. The van der Waals surface area contributed by atoms with Crippen LogP contribution in [0.2, 0.25) is 0 Å². The van der Waals surface area contributed by atoms with Crippen molar-refractivity contribution in [3.63, 3.8) is 0 Å². The fourth-order valence-electron chi connectivity index (χ4n) is 15.4. The fourth-order valence-corrected chi connectivity index (χ4v) is 15.4. The third-order valence-corrected chi connectivity index (χ3v) is 19.9. The quantitative estimate of drug-likeness (QED) is 0.227. The van der Waals surface area contributed by atoms with Crippen molar-refractivity contribution >= 4 is 17.4 Å². The van der Waals surface area contributed by atoms with E-state index in [1.165, 1.54) is 166 Å². The van der Waals surface area contributed by atoms with E-state index in [1.807, 2.05) is 0 Å². The number of hydrogen-bond acceptors (Lipinski definition) is 7. The maximum absolute atomic E-state index is 4.76. The Kier molecular flexibility index (Phi) is 19.1. The Hall–Kier alpha value is -1.73. The molecule has 0 aromatic rings. The standard InChI is InChI=1S/C12H22.C12H20.C11H20N2.C11H21N.2C10H18N2/c2*1-12(2,3)11-7-9-4-5-10(6-9)8-11;1-11(2,3)10-12-8-9-6-4-5-7-13(9)10;1-11(2,3)10-8-9-4-6-12(10)7-5-9;1-10(2,3)8-7-12-6-4-5-9(12)11-8;1-10(2,3)9-11-7-8-5-4-6-12(8)9/h9-11H,4-8H2,1-3H3;7,9-10H,4-6,8H2,1-3H3;9H,4-8H2,1-3H3;9-10H,4-8H2,1-3H3;9H,4-7H2,1-3H3;8H,4-7H2,1-3H3. The van der Waals surface area contributed by atoms with Gasteiger partial charge in [0, 0.05) is 66.3 Å². The Labute approximate surface area is 452 Å². The molecule has 0 aromatic heterocycles. The molecule has 9 heterocycles. The van der Waals surface area contributed by atoms with Gasteiger partial charge in [-0.1, -0.05) is 149 Å². The zero-order valence-electron chi connectivity index (χ0n) is 51.6. The molecule has 0 spiro atoms. The second-order valence-corrected chi connectivity index (χ2v) is 32.3. The van der Waals surface area contributed by atoms with Crippen LogP contribution in [0.5, 0.6) is 0 Å². The van der Waals surface area contributed by atoms with Gasteiger partial charge in [0.15, 0.2) is 0 Å². The van der Waals surface area contributed by atoms with Gasteiger partial charge in [0.05, 0.1) is 13.1 Å². The van der Waals surface area contributed by atoms with Gasteiger partial charge in [-0.15, -0.1) is 0 Å². The Balaban J connectivity index is 0.000000128. The maximum Gasteiger partial charge on any atom is 0.105 e. The van der Waals surface area contributed by atoms with Gasteiger partial charge >= 0.3 is 0 Å². The molecule has 8 atom stereocenters. The molecule has 418 valence electrons. The summed E-state index contributed by atoms with van der Waals surface area (Å²) in [6.45, 7) is 51.5. The van der Waals surface area contributed by atoms with Crippen molar-refractivity contribution in [1.29, 1.82) is 0 Å². The van der Waals surface area contributed by atoms with Crippen LogP contribution in [0.4, 0.5) is 0 Å². The zero-order valence-corrected chi connectivity index (χ0v) is 51.6. The number of allylic oxidation sites excluding steroid dienone is 2. The molecule has 7 nitrogen and oxygen atoms in total. The van der Waals surface area contributed by atoms with Crippen molar-refractivity contribution < 1.29 is 0 Å². The van der Waals surface area contributed by atoms with Crippen LogP contribution in [0.1, 0.15) is 247 Å². The molecule has 0 aromatic carbocycles. The Bertz CT molecular complexity index is 1870. The summed E-state index contributed by atoms with van der Waals surface area (Å²) in [5.74, 6) is 8.94. The van der Waals surface area contributed by atoms with Gasteiger partial charge in [-0.3, -0.25) is 24.8 Å². The van der Waals surface area contributed by atoms with Gasteiger partial charge in [-0.2, -0.15) is 0 Å². The van der Waals surface area contributed by atoms with Crippen molar-refractivity contribution in [2.24, 2.45) is 83.0 Å². The molecular formula is C66H119N7. The molecule has 13 aliphatic rings. The molecule has 13 rings (SSSR count). The average molecular weight is 1010 g/mol. The van der Waals surface area contributed by atoms with Gasteiger partial charge in [0.25, 0.3) is 0 Å². The first-order valence-electron chi connectivity index (χ1n) is 31.3. The highest BCUT2D eigenvalue weighted by atomic mass is 15.3. The lowest BCUT2D eigenvalue weighted by Gasteiger charge is -2.50. The molecule has 0 amide bonds. The molecule has 6 saturated heterocycles. The zero-order chi connectivity index (χ0) is 53.3. The Morgan fingerprint density at radius 3 is 1.45 bits per heavy atom. The molecule has 73 heavy (non-hydrogen) atoms. The molecule has 6 bridgehead atoms. The van der Waals surface area contributed by atoms with E-state index in [9.17, 15) is 0 Å². The minimum Gasteiger partial charge on any atom is -0.355 e. The molecule has 0 radical (unpaired) electrons. The van der Waals surface area contributed by atoms with Crippen molar-refractivity contribution in [1.82, 2.24) is 19.6 Å². The predicted molar refractivity (Wildman–Crippen MR) is 317 cm³/mol. The van der Waals surface area contributed by atoms with Gasteiger partial charge < -0.3 is 9.80 Å². The lowest BCUT2D eigenvalue weighted by Crippen LogP contribution is -2.53. The maximum atomic E-state index is 4.76. The fraction of sp³-hybridized carbons (Fsp3) is 0.924. The average Bonchev–Trinajstić information content (AvgIpc) is 4.17. The van der Waals surface area contributed by atoms with Crippen LogP contribution in [-0.2, 0) is 0 Å².